The lowest BCUT2D eigenvalue weighted by Crippen LogP contribution is -2.55. The highest BCUT2D eigenvalue weighted by Gasteiger charge is 2.34. The Morgan fingerprint density at radius 2 is 1.22 bits per heavy atom. The van der Waals surface area contributed by atoms with Gasteiger partial charge in [-0.15, -0.1) is 0 Å². The molecule has 232 valence electrons. The fraction of sp³-hybridized carbons (Fsp3) is 0.250. The topological polar surface area (TPSA) is 106 Å². The van der Waals surface area contributed by atoms with Gasteiger partial charge in [-0.25, -0.2) is 0 Å². The van der Waals surface area contributed by atoms with E-state index in [1.807, 2.05) is 111 Å². The third-order valence-corrected chi connectivity index (χ3v) is 8.02. The minimum atomic E-state index is -1.00. The van der Waals surface area contributed by atoms with E-state index in [4.69, 9.17) is 9.47 Å². The van der Waals surface area contributed by atoms with E-state index < -0.39 is 29.7 Å². The molecular formula is C36H36BrN3O5. The zero-order valence-corrected chi connectivity index (χ0v) is 27.0. The van der Waals surface area contributed by atoms with E-state index in [2.05, 4.69) is 31.9 Å². The zero-order valence-electron chi connectivity index (χ0n) is 25.4. The molecule has 4 aromatic rings. The molecule has 8 nitrogen and oxygen atoms in total. The standard InChI is InChI=1S/C36H36BrN3O5/c1-36(2)44-30-18-17-24(22-31(30)45-36)21-29(34(42)39-28(33(41)38-3)20-23-11-10-16-27(37)19-23)40-35(43)32(25-12-6-4-7-13-25)26-14-8-5-9-15-26/h4-19,22,28-29,32H,20-21H2,1-3H3,(H,38,41)(H,39,42)(H,40,43). The summed E-state index contributed by atoms with van der Waals surface area (Å²) < 4.78 is 12.6. The summed E-state index contributed by atoms with van der Waals surface area (Å²) >= 11 is 3.47. The number of benzene rings is 4. The number of nitrogens with one attached hydrogen (secondary N) is 3. The molecule has 0 aliphatic carbocycles. The fourth-order valence-corrected chi connectivity index (χ4v) is 5.88. The summed E-state index contributed by atoms with van der Waals surface area (Å²) in [6.45, 7) is 3.64. The summed E-state index contributed by atoms with van der Waals surface area (Å²) in [5.41, 5.74) is 3.22. The third kappa shape index (κ3) is 8.10. The van der Waals surface area contributed by atoms with Crippen molar-refractivity contribution in [3.63, 3.8) is 0 Å². The molecule has 9 heteroatoms. The predicted octanol–water partition coefficient (Wildman–Crippen LogP) is 5.29. The van der Waals surface area contributed by atoms with E-state index in [0.29, 0.717) is 11.5 Å². The summed E-state index contributed by atoms with van der Waals surface area (Å²) in [5.74, 6) is -1.45. The van der Waals surface area contributed by atoms with Crippen molar-refractivity contribution in [3.05, 3.63) is 130 Å². The Balaban J connectivity index is 1.45. The van der Waals surface area contributed by atoms with Crippen LogP contribution in [-0.2, 0) is 27.2 Å². The van der Waals surface area contributed by atoms with Crippen molar-refractivity contribution in [1.29, 1.82) is 0 Å². The SMILES string of the molecule is CNC(=O)C(Cc1cccc(Br)c1)NC(=O)C(Cc1ccc2c(c1)OC(C)(C)O2)NC(=O)C(c1ccccc1)c1ccccc1. The second-order valence-electron chi connectivity index (χ2n) is 11.4. The van der Waals surface area contributed by atoms with Crippen molar-refractivity contribution in [2.24, 2.45) is 0 Å². The Morgan fingerprint density at radius 1 is 0.667 bits per heavy atom. The van der Waals surface area contributed by atoms with Gasteiger partial charge in [0.05, 0.1) is 5.92 Å². The first-order chi connectivity index (χ1) is 21.6. The molecule has 3 amide bonds. The highest BCUT2D eigenvalue weighted by Crippen LogP contribution is 2.39. The van der Waals surface area contributed by atoms with Crippen molar-refractivity contribution in [1.82, 2.24) is 16.0 Å². The third-order valence-electron chi connectivity index (χ3n) is 7.53. The van der Waals surface area contributed by atoms with Crippen molar-refractivity contribution in [3.8, 4) is 11.5 Å². The molecule has 0 saturated carbocycles. The molecule has 5 rings (SSSR count). The molecule has 0 saturated heterocycles. The van der Waals surface area contributed by atoms with E-state index in [1.165, 1.54) is 7.05 Å². The van der Waals surface area contributed by atoms with E-state index in [1.54, 1.807) is 6.07 Å². The summed E-state index contributed by atoms with van der Waals surface area (Å²) in [4.78, 5) is 41.1. The first-order valence-corrected chi connectivity index (χ1v) is 15.6. The Kier molecular flexibility index (Phi) is 9.88. The van der Waals surface area contributed by atoms with Gasteiger partial charge in [-0.2, -0.15) is 0 Å². The van der Waals surface area contributed by atoms with Crippen molar-refractivity contribution in [2.45, 2.75) is 50.5 Å². The van der Waals surface area contributed by atoms with Crippen LogP contribution in [0.1, 0.15) is 42.0 Å². The Labute approximate surface area is 271 Å². The molecule has 0 fully saturated rings. The largest absolute Gasteiger partial charge is 0.449 e. The summed E-state index contributed by atoms with van der Waals surface area (Å²) in [5, 5.41) is 8.58. The molecule has 1 aliphatic heterocycles. The maximum absolute atomic E-state index is 14.1. The lowest BCUT2D eigenvalue weighted by molar-refractivity contribution is -0.132. The van der Waals surface area contributed by atoms with Crippen LogP contribution in [0.4, 0.5) is 0 Å². The van der Waals surface area contributed by atoms with Crippen LogP contribution >= 0.6 is 15.9 Å². The number of hydrogen-bond acceptors (Lipinski definition) is 5. The molecule has 2 unspecified atom stereocenters. The van der Waals surface area contributed by atoms with Crippen LogP contribution in [0, 0.1) is 0 Å². The van der Waals surface area contributed by atoms with Gasteiger partial charge in [0.2, 0.25) is 23.5 Å². The fourth-order valence-electron chi connectivity index (χ4n) is 5.44. The molecule has 45 heavy (non-hydrogen) atoms. The van der Waals surface area contributed by atoms with Crippen LogP contribution in [-0.4, -0.2) is 42.6 Å². The minimum Gasteiger partial charge on any atom is -0.449 e. The van der Waals surface area contributed by atoms with E-state index in [9.17, 15) is 14.4 Å². The number of rotatable bonds is 11. The maximum atomic E-state index is 14.1. The van der Waals surface area contributed by atoms with Crippen LogP contribution in [0.3, 0.4) is 0 Å². The second kappa shape index (κ2) is 14.0. The van der Waals surface area contributed by atoms with Crippen molar-refractivity contribution >= 4 is 33.7 Å². The Bertz CT molecular complexity index is 1620. The average Bonchev–Trinajstić information content (AvgIpc) is 3.34. The highest BCUT2D eigenvalue weighted by atomic mass is 79.9. The highest BCUT2D eigenvalue weighted by molar-refractivity contribution is 9.10. The van der Waals surface area contributed by atoms with Gasteiger partial charge in [0, 0.05) is 38.2 Å². The lowest BCUT2D eigenvalue weighted by Gasteiger charge is -2.25. The first kappa shape index (κ1) is 31.8. The summed E-state index contributed by atoms with van der Waals surface area (Å²) in [7, 11) is 1.53. The molecule has 0 aromatic heterocycles. The number of amides is 3. The maximum Gasteiger partial charge on any atom is 0.246 e. The van der Waals surface area contributed by atoms with Gasteiger partial charge >= 0.3 is 0 Å². The Morgan fingerprint density at radius 3 is 1.82 bits per heavy atom. The molecule has 1 aliphatic rings. The Hall–Kier alpha value is -4.63. The van der Waals surface area contributed by atoms with E-state index in [0.717, 1.165) is 26.7 Å². The minimum absolute atomic E-state index is 0.155. The van der Waals surface area contributed by atoms with E-state index in [-0.39, 0.29) is 24.7 Å². The van der Waals surface area contributed by atoms with Crippen molar-refractivity contribution in [2.75, 3.05) is 7.05 Å². The quantitative estimate of drug-likeness (QED) is 0.201. The smallest absolute Gasteiger partial charge is 0.246 e. The summed E-state index contributed by atoms with van der Waals surface area (Å²) in [6.07, 6.45) is 0.420. The monoisotopic (exact) mass is 669 g/mol. The first-order valence-electron chi connectivity index (χ1n) is 14.8. The summed E-state index contributed by atoms with van der Waals surface area (Å²) in [6, 6.07) is 30.0. The molecule has 0 radical (unpaired) electrons. The van der Waals surface area contributed by atoms with Crippen LogP contribution in [0.15, 0.2) is 108 Å². The number of halogens is 1. The molecule has 0 spiro atoms. The van der Waals surface area contributed by atoms with Gasteiger partial charge < -0.3 is 25.4 Å². The number of likely N-dealkylation sites (N-methyl/N-ethyl adjacent to an activating group) is 1. The molecule has 4 aromatic carbocycles. The molecular weight excluding hydrogens is 634 g/mol. The number of ether oxygens (including phenoxy) is 2. The van der Waals surface area contributed by atoms with Crippen LogP contribution < -0.4 is 25.4 Å². The average molecular weight is 671 g/mol. The van der Waals surface area contributed by atoms with Crippen LogP contribution in [0.25, 0.3) is 0 Å². The second-order valence-corrected chi connectivity index (χ2v) is 12.3. The molecule has 2 atom stereocenters. The molecule has 1 heterocycles. The number of carbonyl (C=O) groups excluding carboxylic acids is 3. The number of fused-ring (bicyclic) bond motifs is 1. The number of hydrogen-bond donors (Lipinski definition) is 3. The van der Waals surface area contributed by atoms with E-state index >= 15 is 0 Å². The number of carbonyl (C=O) groups is 3. The zero-order chi connectivity index (χ0) is 32.0. The van der Waals surface area contributed by atoms with Gasteiger partial charge in [-0.05, 0) is 46.5 Å². The van der Waals surface area contributed by atoms with Gasteiger partial charge in [-0.3, -0.25) is 14.4 Å². The van der Waals surface area contributed by atoms with Crippen LogP contribution in [0.5, 0.6) is 11.5 Å². The predicted molar refractivity (Wildman–Crippen MR) is 176 cm³/mol. The normalized spacial score (nSPS) is 14.3. The van der Waals surface area contributed by atoms with Crippen LogP contribution in [0.2, 0.25) is 0 Å². The van der Waals surface area contributed by atoms with Gasteiger partial charge in [0.25, 0.3) is 0 Å². The van der Waals surface area contributed by atoms with Gasteiger partial charge in [-0.1, -0.05) is 94.8 Å². The van der Waals surface area contributed by atoms with Gasteiger partial charge in [0.15, 0.2) is 11.5 Å². The molecule has 0 bridgehead atoms. The van der Waals surface area contributed by atoms with Crippen molar-refractivity contribution < 1.29 is 23.9 Å². The van der Waals surface area contributed by atoms with Gasteiger partial charge in [0.1, 0.15) is 12.1 Å². The molecule has 3 N–H and O–H groups in total. The lowest BCUT2D eigenvalue weighted by atomic mass is 9.90.